The van der Waals surface area contributed by atoms with Crippen LogP contribution in [0.4, 0.5) is 0 Å². The first-order valence-corrected chi connectivity index (χ1v) is 8.80. The fourth-order valence-corrected chi connectivity index (χ4v) is 3.76. The summed E-state index contributed by atoms with van der Waals surface area (Å²) in [6.07, 6.45) is 3.12. The molecular formula is C16H28N2O2S. The van der Waals surface area contributed by atoms with Gasteiger partial charge in [-0.15, -0.1) is 11.3 Å². The number of rotatable bonds is 8. The van der Waals surface area contributed by atoms with Gasteiger partial charge in [0.25, 0.3) is 0 Å². The van der Waals surface area contributed by atoms with Crippen molar-refractivity contribution in [3.63, 3.8) is 0 Å². The third-order valence-corrected chi connectivity index (χ3v) is 4.77. The molecule has 4 nitrogen and oxygen atoms in total. The summed E-state index contributed by atoms with van der Waals surface area (Å²) in [5.41, 5.74) is 1.30. The van der Waals surface area contributed by atoms with Crippen molar-refractivity contribution in [1.82, 2.24) is 10.3 Å². The van der Waals surface area contributed by atoms with E-state index < -0.39 is 6.10 Å². The zero-order chi connectivity index (χ0) is 15.2. The number of ether oxygens (including phenoxy) is 1. The number of nitrogens with zero attached hydrogens (tertiary/aromatic N) is 1. The monoisotopic (exact) mass is 312 g/mol. The van der Waals surface area contributed by atoms with Crippen LogP contribution in [0.2, 0.25) is 0 Å². The van der Waals surface area contributed by atoms with Crippen molar-refractivity contribution in [3.8, 4) is 0 Å². The lowest BCUT2D eigenvalue weighted by molar-refractivity contribution is 0.0260. The number of hydrogen-bond donors (Lipinski definition) is 2. The second kappa shape index (κ2) is 8.22. The Kier molecular flexibility index (Phi) is 6.61. The molecule has 1 aliphatic rings. The van der Waals surface area contributed by atoms with Crippen LogP contribution in [0, 0.1) is 11.8 Å². The first-order valence-electron chi connectivity index (χ1n) is 7.98. The zero-order valence-electron chi connectivity index (χ0n) is 13.4. The van der Waals surface area contributed by atoms with Gasteiger partial charge >= 0.3 is 0 Å². The molecule has 0 amide bonds. The van der Waals surface area contributed by atoms with Gasteiger partial charge in [0, 0.05) is 24.6 Å². The van der Waals surface area contributed by atoms with Crippen LogP contribution in [-0.2, 0) is 24.1 Å². The Morgan fingerprint density at radius 1 is 1.43 bits per heavy atom. The molecular weight excluding hydrogens is 284 g/mol. The minimum absolute atomic E-state index is 0.400. The molecule has 0 bridgehead atoms. The summed E-state index contributed by atoms with van der Waals surface area (Å²) in [6, 6.07) is 0. The summed E-state index contributed by atoms with van der Waals surface area (Å²) in [5.74, 6) is 1.30. The van der Waals surface area contributed by atoms with Gasteiger partial charge in [-0.1, -0.05) is 20.8 Å². The molecule has 0 saturated carbocycles. The van der Waals surface area contributed by atoms with E-state index in [9.17, 15) is 5.11 Å². The quantitative estimate of drug-likeness (QED) is 0.774. The number of fused-ring (bicyclic) bond motifs is 1. The molecule has 0 aliphatic heterocycles. The molecule has 0 radical (unpaired) electrons. The fourth-order valence-electron chi connectivity index (χ4n) is 2.51. The van der Waals surface area contributed by atoms with E-state index in [4.69, 9.17) is 9.72 Å². The van der Waals surface area contributed by atoms with Crippen LogP contribution < -0.4 is 5.32 Å². The normalized spacial score (nSPS) is 19.8. The van der Waals surface area contributed by atoms with E-state index in [2.05, 4.69) is 26.1 Å². The van der Waals surface area contributed by atoms with Crippen LogP contribution in [-0.4, -0.2) is 36.0 Å². The number of nitrogens with one attached hydrogen (secondary N) is 1. The highest BCUT2D eigenvalue weighted by Crippen LogP contribution is 2.29. The SMILES string of the molecule is CC(C)COCC(O)CNCc1nc2c(s1)CC(C)CC2. The zero-order valence-corrected chi connectivity index (χ0v) is 14.2. The van der Waals surface area contributed by atoms with Crippen molar-refractivity contribution in [2.75, 3.05) is 19.8 Å². The lowest BCUT2D eigenvalue weighted by atomic mass is 9.93. The summed E-state index contributed by atoms with van der Waals surface area (Å²) < 4.78 is 5.43. The van der Waals surface area contributed by atoms with Gasteiger partial charge in [0.2, 0.25) is 0 Å². The molecule has 2 atom stereocenters. The molecule has 1 aromatic heterocycles. The number of aliphatic hydroxyl groups excluding tert-OH is 1. The standard InChI is InChI=1S/C16H28N2O2S/c1-11(2)9-20-10-13(19)7-17-8-16-18-14-5-4-12(3)6-15(14)21-16/h11-13,17,19H,4-10H2,1-3H3. The second-order valence-electron chi connectivity index (χ2n) is 6.54. The number of aryl methyl sites for hydroxylation is 1. The molecule has 0 spiro atoms. The Balaban J connectivity index is 1.67. The molecule has 1 aliphatic carbocycles. The van der Waals surface area contributed by atoms with E-state index in [0.29, 0.717) is 25.7 Å². The molecule has 5 heteroatoms. The van der Waals surface area contributed by atoms with Crippen LogP contribution in [0.25, 0.3) is 0 Å². The molecule has 2 unspecified atom stereocenters. The van der Waals surface area contributed by atoms with Gasteiger partial charge in [-0.25, -0.2) is 4.98 Å². The van der Waals surface area contributed by atoms with Gasteiger partial charge in [0.15, 0.2) is 0 Å². The molecule has 0 fully saturated rings. The largest absolute Gasteiger partial charge is 0.389 e. The molecule has 1 aromatic rings. The highest BCUT2D eigenvalue weighted by atomic mass is 32.1. The van der Waals surface area contributed by atoms with Crippen LogP contribution in [0.3, 0.4) is 0 Å². The second-order valence-corrected chi connectivity index (χ2v) is 7.71. The summed E-state index contributed by atoms with van der Waals surface area (Å²) in [7, 11) is 0. The molecule has 120 valence electrons. The van der Waals surface area contributed by atoms with Crippen molar-refractivity contribution in [1.29, 1.82) is 0 Å². The predicted molar refractivity (Wildman–Crippen MR) is 86.7 cm³/mol. The van der Waals surface area contributed by atoms with Crippen molar-refractivity contribution in [2.45, 2.75) is 52.7 Å². The van der Waals surface area contributed by atoms with E-state index in [0.717, 1.165) is 23.9 Å². The maximum absolute atomic E-state index is 9.83. The molecule has 0 saturated heterocycles. The Labute approximate surface area is 131 Å². The van der Waals surface area contributed by atoms with E-state index in [1.54, 1.807) is 0 Å². The maximum atomic E-state index is 9.83. The van der Waals surface area contributed by atoms with Crippen molar-refractivity contribution < 1.29 is 9.84 Å². The third-order valence-electron chi connectivity index (χ3n) is 3.65. The molecule has 0 aromatic carbocycles. The van der Waals surface area contributed by atoms with E-state index in [1.165, 1.54) is 23.4 Å². The summed E-state index contributed by atoms with van der Waals surface area (Å²) in [6.45, 7) is 8.93. The maximum Gasteiger partial charge on any atom is 0.107 e. The lowest BCUT2D eigenvalue weighted by Crippen LogP contribution is -2.30. The fraction of sp³-hybridized carbons (Fsp3) is 0.812. The van der Waals surface area contributed by atoms with E-state index >= 15 is 0 Å². The van der Waals surface area contributed by atoms with Crippen LogP contribution in [0.1, 0.15) is 42.8 Å². The molecule has 21 heavy (non-hydrogen) atoms. The van der Waals surface area contributed by atoms with Gasteiger partial charge in [0.1, 0.15) is 5.01 Å². The van der Waals surface area contributed by atoms with Crippen LogP contribution in [0.15, 0.2) is 0 Å². The smallest absolute Gasteiger partial charge is 0.107 e. The van der Waals surface area contributed by atoms with Gasteiger partial charge in [0.05, 0.1) is 18.4 Å². The molecule has 2 N–H and O–H groups in total. The van der Waals surface area contributed by atoms with E-state index in [-0.39, 0.29) is 0 Å². The minimum atomic E-state index is -0.446. The lowest BCUT2D eigenvalue weighted by Gasteiger charge is -2.15. The summed E-state index contributed by atoms with van der Waals surface area (Å²) >= 11 is 1.83. The first kappa shape index (κ1) is 16.9. The highest BCUT2D eigenvalue weighted by Gasteiger charge is 2.19. The summed E-state index contributed by atoms with van der Waals surface area (Å²) in [4.78, 5) is 6.17. The number of aliphatic hydroxyl groups is 1. The Morgan fingerprint density at radius 2 is 2.24 bits per heavy atom. The van der Waals surface area contributed by atoms with Crippen LogP contribution in [0.5, 0.6) is 0 Å². The van der Waals surface area contributed by atoms with Gasteiger partial charge in [-0.3, -0.25) is 0 Å². The first-order chi connectivity index (χ1) is 10.0. The Hall–Kier alpha value is -0.490. The molecule has 2 rings (SSSR count). The van der Waals surface area contributed by atoms with Crippen molar-refractivity contribution in [2.24, 2.45) is 11.8 Å². The number of hydrogen-bond acceptors (Lipinski definition) is 5. The number of aromatic nitrogens is 1. The summed E-state index contributed by atoms with van der Waals surface area (Å²) in [5, 5.41) is 14.3. The Morgan fingerprint density at radius 3 is 3.00 bits per heavy atom. The van der Waals surface area contributed by atoms with Gasteiger partial charge in [-0.2, -0.15) is 0 Å². The average molecular weight is 312 g/mol. The van der Waals surface area contributed by atoms with Gasteiger partial charge < -0.3 is 15.2 Å². The van der Waals surface area contributed by atoms with Gasteiger partial charge in [-0.05, 0) is 31.1 Å². The Bertz CT molecular complexity index is 434. The van der Waals surface area contributed by atoms with Crippen molar-refractivity contribution >= 4 is 11.3 Å². The van der Waals surface area contributed by atoms with Crippen LogP contribution >= 0.6 is 11.3 Å². The highest BCUT2D eigenvalue weighted by molar-refractivity contribution is 7.11. The minimum Gasteiger partial charge on any atom is -0.389 e. The molecule has 1 heterocycles. The topological polar surface area (TPSA) is 54.4 Å². The predicted octanol–water partition coefficient (Wildman–Crippen LogP) is 2.39. The third kappa shape index (κ3) is 5.66. The average Bonchev–Trinajstić information content (AvgIpc) is 2.80. The van der Waals surface area contributed by atoms with E-state index in [1.807, 2.05) is 11.3 Å². The van der Waals surface area contributed by atoms with Crippen molar-refractivity contribution in [3.05, 3.63) is 15.6 Å². The number of thiazole rings is 1.